The zero-order chi connectivity index (χ0) is 23.0. The van der Waals surface area contributed by atoms with Crippen LogP contribution in [0.25, 0.3) is 0 Å². The number of hydrogen-bond acceptors (Lipinski definition) is 5. The number of carbonyl (C=O) groups is 3. The molecule has 1 aliphatic heterocycles. The average Bonchev–Trinajstić information content (AvgIpc) is 2.63. The molecule has 0 bridgehead atoms. The van der Waals surface area contributed by atoms with Gasteiger partial charge in [0.05, 0.1) is 12.6 Å². The van der Waals surface area contributed by atoms with Crippen LogP contribution in [0.4, 0.5) is 0 Å². The Balaban J connectivity index is 0. The molecular weight excluding hydrogens is 390 g/mol. The summed E-state index contributed by atoms with van der Waals surface area (Å²) in [7, 11) is 3.76. The third-order valence-electron chi connectivity index (χ3n) is 3.76. The normalized spacial score (nSPS) is 15.4. The summed E-state index contributed by atoms with van der Waals surface area (Å²) >= 11 is 2.03. The predicted octanol–water partition coefficient (Wildman–Crippen LogP) is 2.92. The summed E-state index contributed by atoms with van der Waals surface area (Å²) < 4.78 is 0. The van der Waals surface area contributed by atoms with E-state index < -0.39 is 5.97 Å². The van der Waals surface area contributed by atoms with Crippen molar-refractivity contribution in [1.29, 1.82) is 0 Å². The summed E-state index contributed by atoms with van der Waals surface area (Å²) in [5.41, 5.74) is 0.191. The maximum Gasteiger partial charge on any atom is 0.331 e. The van der Waals surface area contributed by atoms with Crippen LogP contribution in [-0.4, -0.2) is 78.0 Å². The molecule has 0 unspecified atom stereocenters. The fourth-order valence-electron chi connectivity index (χ4n) is 2.22. The van der Waals surface area contributed by atoms with E-state index in [4.69, 9.17) is 5.11 Å². The Labute approximate surface area is 181 Å². The first-order valence-corrected chi connectivity index (χ1v) is 11.2. The highest BCUT2D eigenvalue weighted by Gasteiger charge is 2.21. The van der Waals surface area contributed by atoms with Gasteiger partial charge in [-0.25, -0.2) is 4.79 Å². The van der Waals surface area contributed by atoms with Crippen molar-refractivity contribution in [3.05, 3.63) is 11.6 Å². The highest BCUT2D eigenvalue weighted by molar-refractivity contribution is 7.99. The number of likely N-dealkylation sites (N-methyl/N-ethyl adjacent to an activating group) is 1. The maximum atomic E-state index is 11.7. The molecule has 170 valence electrons. The summed E-state index contributed by atoms with van der Waals surface area (Å²) in [6.07, 6.45) is 3.38. The van der Waals surface area contributed by atoms with Gasteiger partial charge in [0.1, 0.15) is 0 Å². The number of aliphatic carboxylic acids is 1. The number of carboxylic acid groups (broad SMARTS) is 1. The second-order valence-electron chi connectivity index (χ2n) is 8.10. The van der Waals surface area contributed by atoms with Crippen molar-refractivity contribution in [2.24, 2.45) is 11.8 Å². The summed E-state index contributed by atoms with van der Waals surface area (Å²) in [6, 6.07) is -0.318. The van der Waals surface area contributed by atoms with Gasteiger partial charge in [0.2, 0.25) is 12.3 Å². The fraction of sp³-hybridized carbons (Fsp3) is 0.762. The van der Waals surface area contributed by atoms with Crippen molar-refractivity contribution in [3.63, 3.8) is 0 Å². The average molecular weight is 432 g/mol. The minimum atomic E-state index is -1.01. The van der Waals surface area contributed by atoms with Crippen molar-refractivity contribution >= 4 is 30.0 Å². The predicted molar refractivity (Wildman–Crippen MR) is 122 cm³/mol. The van der Waals surface area contributed by atoms with Gasteiger partial charge in [-0.2, -0.15) is 0 Å². The van der Waals surface area contributed by atoms with Crippen molar-refractivity contribution < 1.29 is 19.5 Å². The van der Waals surface area contributed by atoms with Crippen molar-refractivity contribution in [3.8, 4) is 0 Å². The third kappa shape index (κ3) is 17.1. The van der Waals surface area contributed by atoms with E-state index in [-0.39, 0.29) is 30.0 Å². The van der Waals surface area contributed by atoms with E-state index >= 15 is 0 Å². The molecule has 2 amide bonds. The van der Waals surface area contributed by atoms with Crippen LogP contribution in [0.2, 0.25) is 0 Å². The summed E-state index contributed by atoms with van der Waals surface area (Å²) in [5, 5.41) is 11.1. The molecule has 0 aromatic rings. The van der Waals surface area contributed by atoms with Crippen molar-refractivity contribution in [2.45, 2.75) is 54.0 Å². The van der Waals surface area contributed by atoms with E-state index in [0.29, 0.717) is 6.41 Å². The Hall–Kier alpha value is -1.54. The first kappa shape index (κ1) is 29.7. The van der Waals surface area contributed by atoms with Gasteiger partial charge in [-0.1, -0.05) is 40.7 Å². The van der Waals surface area contributed by atoms with Gasteiger partial charge < -0.3 is 15.3 Å². The smallest absolute Gasteiger partial charge is 0.331 e. The molecule has 1 fully saturated rings. The Morgan fingerprint density at radius 3 is 2.10 bits per heavy atom. The van der Waals surface area contributed by atoms with Crippen molar-refractivity contribution in [2.75, 3.05) is 38.8 Å². The number of carbonyl (C=O) groups excluding carboxylic acids is 2. The third-order valence-corrected chi connectivity index (χ3v) is 4.96. The molecular formula is C21H41N3O4S. The molecule has 1 atom stereocenters. The van der Waals surface area contributed by atoms with Gasteiger partial charge in [-0.15, -0.1) is 11.8 Å². The zero-order valence-electron chi connectivity index (χ0n) is 19.4. The SMILES string of the molecule is C/C(=C\[C@H](C(C)C)N(C)C(=O)CNC=O)C(=O)O.CC(C)C.CN1CCCSC1. The molecule has 0 radical (unpaired) electrons. The Morgan fingerprint density at radius 1 is 1.24 bits per heavy atom. The summed E-state index contributed by atoms with van der Waals surface area (Å²) in [6.45, 7) is 13.0. The molecule has 0 spiro atoms. The summed E-state index contributed by atoms with van der Waals surface area (Å²) in [5.74, 6) is 2.23. The van der Waals surface area contributed by atoms with Gasteiger partial charge in [0.15, 0.2) is 0 Å². The fourth-order valence-corrected chi connectivity index (χ4v) is 3.12. The topological polar surface area (TPSA) is 90.0 Å². The number of amides is 2. The van der Waals surface area contributed by atoms with E-state index in [1.165, 1.54) is 36.4 Å². The molecule has 2 N–H and O–H groups in total. The van der Waals surface area contributed by atoms with Gasteiger partial charge in [0, 0.05) is 18.5 Å². The molecule has 0 saturated carbocycles. The molecule has 1 heterocycles. The quantitative estimate of drug-likeness (QED) is 0.476. The van der Waals surface area contributed by atoms with E-state index in [1.54, 1.807) is 13.1 Å². The van der Waals surface area contributed by atoms with E-state index in [1.807, 2.05) is 25.6 Å². The number of thioether (sulfide) groups is 1. The van der Waals surface area contributed by atoms with Crippen LogP contribution in [0, 0.1) is 11.8 Å². The monoisotopic (exact) mass is 431 g/mol. The molecule has 7 nitrogen and oxygen atoms in total. The number of hydrogen-bond donors (Lipinski definition) is 2. The van der Waals surface area contributed by atoms with Crippen LogP contribution in [0.1, 0.15) is 48.0 Å². The van der Waals surface area contributed by atoms with Crippen LogP contribution in [0.3, 0.4) is 0 Å². The standard InChI is InChI=1S/C12H20N2O4.C5H11NS.C4H10/c1-8(2)10(5-9(3)12(17)18)14(4)11(16)6-13-7-15;1-6-3-2-4-7-5-6;1-4(2)3/h5,7-8,10H,6H2,1-4H3,(H,13,15)(H,17,18);2-5H2,1H3;4H,1-3H3/b9-5+;;/t10-;;/m1../s1. The Morgan fingerprint density at radius 2 is 1.79 bits per heavy atom. The van der Waals surface area contributed by atoms with Crippen LogP contribution >= 0.6 is 11.8 Å². The Kier molecular flexibility index (Phi) is 17.7. The second-order valence-corrected chi connectivity index (χ2v) is 9.17. The molecule has 0 aliphatic carbocycles. The van der Waals surface area contributed by atoms with Gasteiger partial charge in [-0.05, 0) is 44.5 Å². The van der Waals surface area contributed by atoms with Crippen LogP contribution < -0.4 is 5.32 Å². The molecule has 0 aromatic heterocycles. The second kappa shape index (κ2) is 17.3. The number of nitrogens with zero attached hydrogens (tertiary/aromatic N) is 2. The lowest BCUT2D eigenvalue weighted by molar-refractivity contribution is -0.133. The number of carboxylic acids is 1. The lowest BCUT2D eigenvalue weighted by Crippen LogP contribution is -2.43. The first-order chi connectivity index (χ1) is 13.4. The first-order valence-electron chi connectivity index (χ1n) is 10.0. The molecule has 29 heavy (non-hydrogen) atoms. The Bertz CT molecular complexity index is 501. The van der Waals surface area contributed by atoms with Crippen LogP contribution in [0.5, 0.6) is 0 Å². The number of nitrogens with one attached hydrogen (secondary N) is 1. The molecule has 1 rings (SSSR count). The lowest BCUT2D eigenvalue weighted by atomic mass is 10.00. The zero-order valence-corrected chi connectivity index (χ0v) is 20.2. The highest BCUT2D eigenvalue weighted by atomic mass is 32.2. The van der Waals surface area contributed by atoms with Gasteiger partial charge in [-0.3, -0.25) is 14.5 Å². The van der Waals surface area contributed by atoms with E-state index in [0.717, 1.165) is 5.92 Å². The highest BCUT2D eigenvalue weighted by Crippen LogP contribution is 2.13. The van der Waals surface area contributed by atoms with E-state index in [2.05, 4.69) is 38.0 Å². The maximum absolute atomic E-state index is 11.7. The van der Waals surface area contributed by atoms with E-state index in [9.17, 15) is 14.4 Å². The van der Waals surface area contributed by atoms with Crippen LogP contribution in [-0.2, 0) is 14.4 Å². The van der Waals surface area contributed by atoms with Gasteiger partial charge in [0.25, 0.3) is 0 Å². The molecule has 0 aromatic carbocycles. The molecule has 1 saturated heterocycles. The minimum Gasteiger partial charge on any atom is -0.478 e. The summed E-state index contributed by atoms with van der Waals surface area (Å²) in [4.78, 5) is 36.4. The van der Waals surface area contributed by atoms with Crippen LogP contribution in [0.15, 0.2) is 11.6 Å². The van der Waals surface area contributed by atoms with Gasteiger partial charge >= 0.3 is 5.97 Å². The van der Waals surface area contributed by atoms with Crippen molar-refractivity contribution in [1.82, 2.24) is 15.1 Å². The molecule has 1 aliphatic rings. The number of rotatable bonds is 7. The largest absolute Gasteiger partial charge is 0.478 e. The lowest BCUT2D eigenvalue weighted by Gasteiger charge is -2.29. The molecule has 8 heteroatoms. The minimum absolute atomic E-state index is 0.0736.